The van der Waals surface area contributed by atoms with Crippen molar-refractivity contribution in [2.45, 2.75) is 30.6 Å². The van der Waals surface area contributed by atoms with E-state index >= 15 is 0 Å². The molecular formula is C10H15N5O2S. The molecule has 0 bridgehead atoms. The first-order chi connectivity index (χ1) is 8.61. The number of nitrogen functional groups attached to an aromatic ring is 1. The summed E-state index contributed by atoms with van der Waals surface area (Å²) >= 11 is 1.77. The molecular weight excluding hydrogens is 254 g/mol. The van der Waals surface area contributed by atoms with Gasteiger partial charge in [0.25, 0.3) is 0 Å². The lowest BCUT2D eigenvalue weighted by Crippen LogP contribution is -2.27. The Balaban J connectivity index is 2.22. The monoisotopic (exact) mass is 269 g/mol. The predicted molar refractivity (Wildman–Crippen MR) is 71.7 cm³/mol. The first-order valence-corrected chi connectivity index (χ1v) is 6.97. The minimum atomic E-state index is -0.495. The maximum absolute atomic E-state index is 10.9. The molecule has 2 atom stereocenters. The molecule has 3 N–H and O–H groups in total. The Labute approximate surface area is 109 Å². The zero-order valence-electron chi connectivity index (χ0n) is 10.00. The molecule has 0 radical (unpaired) electrons. The highest BCUT2D eigenvalue weighted by atomic mass is 32.2. The van der Waals surface area contributed by atoms with Crippen molar-refractivity contribution in [3.05, 3.63) is 16.3 Å². The summed E-state index contributed by atoms with van der Waals surface area (Å²) in [6.45, 7) is 0. The van der Waals surface area contributed by atoms with Gasteiger partial charge in [-0.25, -0.2) is 4.98 Å². The summed E-state index contributed by atoms with van der Waals surface area (Å²) in [6.07, 6.45) is 6.43. The van der Waals surface area contributed by atoms with Crippen molar-refractivity contribution in [3.63, 3.8) is 0 Å². The second kappa shape index (κ2) is 5.38. The van der Waals surface area contributed by atoms with Gasteiger partial charge in [-0.2, -0.15) is 16.7 Å². The van der Waals surface area contributed by atoms with Crippen molar-refractivity contribution in [2.24, 2.45) is 0 Å². The molecule has 1 fully saturated rings. The van der Waals surface area contributed by atoms with E-state index < -0.39 is 4.92 Å². The molecule has 1 aromatic rings. The van der Waals surface area contributed by atoms with E-state index in [0.717, 1.165) is 25.5 Å². The summed E-state index contributed by atoms with van der Waals surface area (Å²) < 4.78 is 0. The van der Waals surface area contributed by atoms with E-state index in [1.165, 1.54) is 0 Å². The summed E-state index contributed by atoms with van der Waals surface area (Å²) in [7, 11) is 0. The predicted octanol–water partition coefficient (Wildman–Crippen LogP) is 1.66. The lowest BCUT2D eigenvalue weighted by atomic mass is 10.2. The van der Waals surface area contributed by atoms with Gasteiger partial charge >= 0.3 is 5.69 Å². The molecule has 7 nitrogen and oxygen atoms in total. The molecule has 1 saturated carbocycles. The Morgan fingerprint density at radius 1 is 1.61 bits per heavy atom. The van der Waals surface area contributed by atoms with Crippen LogP contribution < -0.4 is 11.1 Å². The second-order valence-electron chi connectivity index (χ2n) is 4.18. The molecule has 1 aliphatic carbocycles. The van der Waals surface area contributed by atoms with Gasteiger partial charge in [-0.05, 0) is 19.1 Å². The van der Waals surface area contributed by atoms with Crippen molar-refractivity contribution in [1.29, 1.82) is 0 Å². The zero-order chi connectivity index (χ0) is 13.1. The zero-order valence-corrected chi connectivity index (χ0v) is 10.8. The molecule has 0 spiro atoms. The third-order valence-corrected chi connectivity index (χ3v) is 4.23. The fourth-order valence-electron chi connectivity index (χ4n) is 2.18. The van der Waals surface area contributed by atoms with Crippen molar-refractivity contribution in [1.82, 2.24) is 9.97 Å². The Hall–Kier alpha value is -1.57. The smallest absolute Gasteiger partial charge is 0.329 e. The van der Waals surface area contributed by atoms with Gasteiger partial charge in [0.05, 0.1) is 4.92 Å². The van der Waals surface area contributed by atoms with Crippen LogP contribution in [-0.4, -0.2) is 32.4 Å². The van der Waals surface area contributed by atoms with E-state index in [-0.39, 0.29) is 23.5 Å². The van der Waals surface area contributed by atoms with Gasteiger partial charge in [-0.3, -0.25) is 10.1 Å². The summed E-state index contributed by atoms with van der Waals surface area (Å²) in [6, 6.07) is 0.202. The highest BCUT2D eigenvalue weighted by Crippen LogP contribution is 2.32. The van der Waals surface area contributed by atoms with Crippen LogP contribution in [0.5, 0.6) is 0 Å². The number of nitrogens with one attached hydrogen (secondary N) is 1. The Bertz CT molecular complexity index is 456. The summed E-state index contributed by atoms with van der Waals surface area (Å²) in [5.74, 6) is 0.264. The standard InChI is InChI=1S/C10H15N5O2S/c1-18-8-4-2-3-6(8)13-9-7(15(16)17)5-12-10(11)14-9/h5-6,8H,2-4H2,1H3,(H3,11,12,13,14). The van der Waals surface area contributed by atoms with E-state index in [4.69, 9.17) is 5.73 Å². The first-order valence-electron chi connectivity index (χ1n) is 5.68. The van der Waals surface area contributed by atoms with E-state index in [1.54, 1.807) is 11.8 Å². The highest BCUT2D eigenvalue weighted by Gasteiger charge is 2.29. The van der Waals surface area contributed by atoms with Gasteiger partial charge in [0.15, 0.2) is 0 Å². The van der Waals surface area contributed by atoms with E-state index in [0.29, 0.717) is 5.25 Å². The third-order valence-electron chi connectivity index (χ3n) is 3.06. The Kier molecular flexibility index (Phi) is 3.85. The molecule has 0 aliphatic heterocycles. The maximum atomic E-state index is 10.9. The van der Waals surface area contributed by atoms with Gasteiger partial charge in [-0.15, -0.1) is 0 Å². The van der Waals surface area contributed by atoms with Crippen LogP contribution in [0.2, 0.25) is 0 Å². The number of nitrogens with two attached hydrogens (primary N) is 1. The topological polar surface area (TPSA) is 107 Å². The maximum Gasteiger partial charge on any atom is 0.329 e. The van der Waals surface area contributed by atoms with Crippen LogP contribution in [0.4, 0.5) is 17.5 Å². The summed E-state index contributed by atoms with van der Waals surface area (Å²) in [5.41, 5.74) is 5.35. The van der Waals surface area contributed by atoms with Gasteiger partial charge in [0.1, 0.15) is 6.20 Å². The van der Waals surface area contributed by atoms with Crippen LogP contribution in [0, 0.1) is 10.1 Å². The second-order valence-corrected chi connectivity index (χ2v) is 5.25. The van der Waals surface area contributed by atoms with Crippen LogP contribution in [0.3, 0.4) is 0 Å². The fourth-order valence-corrected chi connectivity index (χ4v) is 3.11. The van der Waals surface area contributed by atoms with Crippen molar-refractivity contribution in [3.8, 4) is 0 Å². The van der Waals surface area contributed by atoms with Crippen molar-refractivity contribution < 1.29 is 4.92 Å². The lowest BCUT2D eigenvalue weighted by molar-refractivity contribution is -0.384. The molecule has 1 aliphatic rings. The van der Waals surface area contributed by atoms with E-state index in [9.17, 15) is 10.1 Å². The molecule has 0 saturated heterocycles. The number of aromatic nitrogens is 2. The first kappa shape index (κ1) is 12.9. The molecule has 8 heteroatoms. The van der Waals surface area contributed by atoms with Crippen LogP contribution in [0.1, 0.15) is 19.3 Å². The molecule has 98 valence electrons. The number of thioether (sulfide) groups is 1. The van der Waals surface area contributed by atoms with E-state index in [2.05, 4.69) is 15.3 Å². The number of anilines is 2. The minimum absolute atomic E-state index is 0.0433. The van der Waals surface area contributed by atoms with Crippen LogP contribution in [0.25, 0.3) is 0 Å². The molecule has 2 rings (SSSR count). The summed E-state index contributed by atoms with van der Waals surface area (Å²) in [5, 5.41) is 14.5. The van der Waals surface area contributed by atoms with E-state index in [1.807, 2.05) is 6.26 Å². The van der Waals surface area contributed by atoms with Gasteiger partial charge in [-0.1, -0.05) is 6.42 Å². The number of nitro groups is 1. The van der Waals surface area contributed by atoms with Crippen molar-refractivity contribution in [2.75, 3.05) is 17.3 Å². The molecule has 1 aromatic heterocycles. The van der Waals surface area contributed by atoms with Crippen LogP contribution in [-0.2, 0) is 0 Å². The number of rotatable bonds is 4. The SMILES string of the molecule is CSC1CCCC1Nc1nc(N)ncc1[N+](=O)[O-]. The van der Waals surface area contributed by atoms with Gasteiger partial charge < -0.3 is 11.1 Å². The quantitative estimate of drug-likeness (QED) is 0.632. The third kappa shape index (κ3) is 2.63. The highest BCUT2D eigenvalue weighted by molar-refractivity contribution is 7.99. The molecule has 0 amide bonds. The Morgan fingerprint density at radius 2 is 2.39 bits per heavy atom. The fraction of sp³-hybridized carbons (Fsp3) is 0.600. The lowest BCUT2D eigenvalue weighted by Gasteiger charge is -2.19. The largest absolute Gasteiger partial charge is 0.368 e. The van der Waals surface area contributed by atoms with Crippen molar-refractivity contribution >= 4 is 29.2 Å². The van der Waals surface area contributed by atoms with Crippen LogP contribution in [0.15, 0.2) is 6.20 Å². The average Bonchev–Trinajstić information content (AvgIpc) is 2.76. The summed E-state index contributed by atoms with van der Waals surface area (Å²) in [4.78, 5) is 18.0. The number of hydrogen-bond donors (Lipinski definition) is 2. The number of hydrogen-bond acceptors (Lipinski definition) is 7. The molecule has 18 heavy (non-hydrogen) atoms. The van der Waals surface area contributed by atoms with Crippen LogP contribution >= 0.6 is 11.8 Å². The molecule has 2 unspecified atom stereocenters. The average molecular weight is 269 g/mol. The van der Waals surface area contributed by atoms with Gasteiger partial charge in [0, 0.05) is 11.3 Å². The molecule has 1 heterocycles. The Morgan fingerprint density at radius 3 is 3.06 bits per heavy atom. The number of nitrogens with zero attached hydrogens (tertiary/aromatic N) is 3. The normalized spacial score (nSPS) is 22.9. The van der Waals surface area contributed by atoms with Gasteiger partial charge in [0.2, 0.25) is 11.8 Å². The minimum Gasteiger partial charge on any atom is -0.368 e. The molecule has 0 aromatic carbocycles.